The highest BCUT2D eigenvalue weighted by atomic mass is 35.5. The van der Waals surface area contributed by atoms with Gasteiger partial charge in [-0.15, -0.1) is 11.6 Å². The molecule has 1 aliphatic carbocycles. The number of hydrogen-bond acceptors (Lipinski definition) is 1. The highest BCUT2D eigenvalue weighted by molar-refractivity contribution is 6.21. The van der Waals surface area contributed by atoms with E-state index in [9.17, 15) is 0 Å². The molecule has 0 N–H and O–H groups in total. The Bertz CT molecular complexity index is 387. The Kier molecular flexibility index (Phi) is 3.98. The molecule has 0 bridgehead atoms. The van der Waals surface area contributed by atoms with Gasteiger partial charge in [0.2, 0.25) is 0 Å². The standard InChI is InChI=1S/C15H21ClO/c1-10(2)15(16)13-6-4-5-11-7-8-12(17-3)9-14(11)13/h7-10,13,15H,4-6H2,1-3H3. The highest BCUT2D eigenvalue weighted by Crippen LogP contribution is 2.40. The van der Waals surface area contributed by atoms with Crippen LogP contribution in [0.4, 0.5) is 0 Å². The monoisotopic (exact) mass is 252 g/mol. The molecule has 94 valence electrons. The first-order valence-corrected chi connectivity index (χ1v) is 6.88. The van der Waals surface area contributed by atoms with Gasteiger partial charge in [-0.05, 0) is 48.4 Å². The van der Waals surface area contributed by atoms with Crippen LogP contribution in [0, 0.1) is 5.92 Å². The summed E-state index contributed by atoms with van der Waals surface area (Å²) in [4.78, 5) is 0. The molecule has 2 unspecified atom stereocenters. The Morgan fingerprint density at radius 1 is 1.35 bits per heavy atom. The largest absolute Gasteiger partial charge is 0.497 e. The van der Waals surface area contributed by atoms with Gasteiger partial charge in [0.15, 0.2) is 0 Å². The Balaban J connectivity index is 2.35. The van der Waals surface area contributed by atoms with E-state index in [1.54, 1.807) is 7.11 Å². The molecule has 2 heteroatoms. The number of aryl methyl sites for hydroxylation is 1. The van der Waals surface area contributed by atoms with Crippen LogP contribution in [0.25, 0.3) is 0 Å². The summed E-state index contributed by atoms with van der Waals surface area (Å²) < 4.78 is 5.33. The normalized spacial score (nSPS) is 21.1. The quantitative estimate of drug-likeness (QED) is 0.726. The van der Waals surface area contributed by atoms with Crippen molar-refractivity contribution in [3.8, 4) is 5.75 Å². The molecule has 1 aromatic rings. The maximum Gasteiger partial charge on any atom is 0.119 e. The first-order chi connectivity index (χ1) is 8.13. The minimum atomic E-state index is 0.223. The van der Waals surface area contributed by atoms with E-state index in [4.69, 9.17) is 16.3 Å². The van der Waals surface area contributed by atoms with E-state index in [1.807, 2.05) is 0 Å². The predicted molar refractivity (Wildman–Crippen MR) is 73.2 cm³/mol. The van der Waals surface area contributed by atoms with Gasteiger partial charge < -0.3 is 4.74 Å². The van der Waals surface area contributed by atoms with E-state index < -0.39 is 0 Å². The molecule has 17 heavy (non-hydrogen) atoms. The van der Waals surface area contributed by atoms with Crippen molar-refractivity contribution < 1.29 is 4.74 Å². The highest BCUT2D eigenvalue weighted by Gasteiger charge is 2.28. The van der Waals surface area contributed by atoms with E-state index in [-0.39, 0.29) is 5.38 Å². The summed E-state index contributed by atoms with van der Waals surface area (Å²) in [5, 5.41) is 0.223. The number of ether oxygens (including phenoxy) is 1. The van der Waals surface area contributed by atoms with E-state index in [0.29, 0.717) is 11.8 Å². The Morgan fingerprint density at radius 2 is 2.12 bits per heavy atom. The first-order valence-electron chi connectivity index (χ1n) is 6.44. The van der Waals surface area contributed by atoms with Crippen LogP contribution in [0.1, 0.15) is 43.7 Å². The summed E-state index contributed by atoms with van der Waals surface area (Å²) in [7, 11) is 1.72. The number of rotatable bonds is 3. The van der Waals surface area contributed by atoms with Crippen LogP contribution in [-0.2, 0) is 6.42 Å². The molecule has 0 spiro atoms. The van der Waals surface area contributed by atoms with Crippen molar-refractivity contribution >= 4 is 11.6 Å². The van der Waals surface area contributed by atoms with Gasteiger partial charge in [0.1, 0.15) is 5.75 Å². The Morgan fingerprint density at radius 3 is 2.76 bits per heavy atom. The lowest BCUT2D eigenvalue weighted by Gasteiger charge is -2.31. The molecule has 0 fully saturated rings. The number of fused-ring (bicyclic) bond motifs is 1. The van der Waals surface area contributed by atoms with Crippen molar-refractivity contribution in [1.29, 1.82) is 0 Å². The Labute approximate surface area is 109 Å². The van der Waals surface area contributed by atoms with Gasteiger partial charge >= 0.3 is 0 Å². The molecule has 0 aromatic heterocycles. The van der Waals surface area contributed by atoms with Crippen molar-refractivity contribution in [2.45, 2.75) is 44.4 Å². The molecule has 2 rings (SSSR count). The van der Waals surface area contributed by atoms with Crippen LogP contribution in [0.2, 0.25) is 0 Å². The van der Waals surface area contributed by atoms with Crippen LogP contribution < -0.4 is 4.74 Å². The predicted octanol–water partition coefficient (Wildman–Crippen LogP) is 4.38. The fraction of sp³-hybridized carbons (Fsp3) is 0.600. The molecule has 1 aromatic carbocycles. The molecule has 1 nitrogen and oxygen atoms in total. The SMILES string of the molecule is COc1ccc2c(c1)C(C(Cl)C(C)C)CCC2. The topological polar surface area (TPSA) is 9.23 Å². The van der Waals surface area contributed by atoms with Crippen LogP contribution in [0.15, 0.2) is 18.2 Å². The number of benzene rings is 1. The average molecular weight is 253 g/mol. The molecule has 1 aliphatic rings. The fourth-order valence-electron chi connectivity index (χ4n) is 2.74. The van der Waals surface area contributed by atoms with E-state index in [2.05, 4.69) is 32.0 Å². The molecule has 0 saturated carbocycles. The second-order valence-electron chi connectivity index (χ2n) is 5.25. The van der Waals surface area contributed by atoms with Gasteiger partial charge in [0.25, 0.3) is 0 Å². The zero-order valence-electron chi connectivity index (χ0n) is 10.9. The maximum atomic E-state index is 6.58. The summed E-state index contributed by atoms with van der Waals surface area (Å²) in [6, 6.07) is 6.43. The summed E-state index contributed by atoms with van der Waals surface area (Å²) in [6.07, 6.45) is 3.63. The van der Waals surface area contributed by atoms with Crippen molar-refractivity contribution in [2.24, 2.45) is 5.92 Å². The second-order valence-corrected chi connectivity index (χ2v) is 5.76. The second kappa shape index (κ2) is 5.30. The molecule has 0 amide bonds. The number of hydrogen-bond donors (Lipinski definition) is 0. The van der Waals surface area contributed by atoms with Crippen molar-refractivity contribution in [1.82, 2.24) is 0 Å². The summed E-state index contributed by atoms with van der Waals surface area (Å²) in [6.45, 7) is 4.40. The van der Waals surface area contributed by atoms with E-state index in [1.165, 1.54) is 30.4 Å². The lowest BCUT2D eigenvalue weighted by Crippen LogP contribution is -2.23. The molecule has 0 saturated heterocycles. The van der Waals surface area contributed by atoms with Crippen molar-refractivity contribution in [3.63, 3.8) is 0 Å². The van der Waals surface area contributed by atoms with Crippen LogP contribution in [0.3, 0.4) is 0 Å². The lowest BCUT2D eigenvalue weighted by atomic mass is 9.78. The first kappa shape index (κ1) is 12.8. The van der Waals surface area contributed by atoms with Gasteiger partial charge in [0, 0.05) is 11.3 Å². The minimum Gasteiger partial charge on any atom is -0.497 e. The van der Waals surface area contributed by atoms with Crippen LogP contribution in [-0.4, -0.2) is 12.5 Å². The molecular weight excluding hydrogens is 232 g/mol. The smallest absolute Gasteiger partial charge is 0.119 e. The maximum absolute atomic E-state index is 6.58. The molecule has 2 atom stereocenters. The minimum absolute atomic E-state index is 0.223. The van der Waals surface area contributed by atoms with Gasteiger partial charge in [-0.25, -0.2) is 0 Å². The van der Waals surface area contributed by atoms with Gasteiger partial charge in [-0.1, -0.05) is 19.9 Å². The number of alkyl halides is 1. The third-order valence-electron chi connectivity index (χ3n) is 3.74. The van der Waals surface area contributed by atoms with Crippen molar-refractivity contribution in [3.05, 3.63) is 29.3 Å². The summed E-state index contributed by atoms with van der Waals surface area (Å²) in [5.41, 5.74) is 2.86. The van der Waals surface area contributed by atoms with Gasteiger partial charge in [-0.3, -0.25) is 0 Å². The summed E-state index contributed by atoms with van der Waals surface area (Å²) in [5.74, 6) is 1.94. The summed E-state index contributed by atoms with van der Waals surface area (Å²) >= 11 is 6.58. The van der Waals surface area contributed by atoms with E-state index in [0.717, 1.165) is 5.75 Å². The van der Waals surface area contributed by atoms with Crippen LogP contribution >= 0.6 is 11.6 Å². The molecule has 0 heterocycles. The Hall–Kier alpha value is -0.690. The lowest BCUT2D eigenvalue weighted by molar-refractivity contribution is 0.409. The molecule has 0 radical (unpaired) electrons. The van der Waals surface area contributed by atoms with Gasteiger partial charge in [0.05, 0.1) is 7.11 Å². The average Bonchev–Trinajstić information content (AvgIpc) is 2.36. The van der Waals surface area contributed by atoms with E-state index >= 15 is 0 Å². The zero-order chi connectivity index (χ0) is 12.4. The molecular formula is C15H21ClO. The van der Waals surface area contributed by atoms with Gasteiger partial charge in [-0.2, -0.15) is 0 Å². The zero-order valence-corrected chi connectivity index (χ0v) is 11.6. The third-order valence-corrected chi connectivity index (χ3v) is 4.54. The van der Waals surface area contributed by atoms with Crippen LogP contribution in [0.5, 0.6) is 5.75 Å². The fourth-order valence-corrected chi connectivity index (χ4v) is 3.00. The number of halogens is 1. The third kappa shape index (κ3) is 2.60. The molecule has 0 aliphatic heterocycles. The van der Waals surface area contributed by atoms with Crippen molar-refractivity contribution in [2.75, 3.05) is 7.11 Å². The number of methoxy groups -OCH3 is 1.